The van der Waals surface area contributed by atoms with Crippen LogP contribution in [0.4, 0.5) is 0 Å². The lowest BCUT2D eigenvalue weighted by Gasteiger charge is -2.13. The van der Waals surface area contributed by atoms with Crippen LogP contribution in [-0.4, -0.2) is 20.7 Å². The van der Waals surface area contributed by atoms with Crippen molar-refractivity contribution in [3.8, 4) is 0 Å². The number of rotatable bonds is 3. The molecule has 0 saturated carbocycles. The van der Waals surface area contributed by atoms with Crippen LogP contribution in [0, 0.1) is 13.8 Å². The van der Waals surface area contributed by atoms with Crippen molar-refractivity contribution in [1.82, 2.24) is 0 Å². The van der Waals surface area contributed by atoms with Gasteiger partial charge in [0.25, 0.3) is 0 Å². The molecule has 1 aromatic rings. The molecule has 0 aromatic heterocycles. The number of hydrogen-bond donors (Lipinski definition) is 1. The molecule has 0 aliphatic carbocycles. The molecule has 16 heavy (non-hydrogen) atoms. The standard InChI is InChI=1S/C12H19NO2S/c1-8-5-11(7-10(3)13)12(6-9(8)2)16(4,14)15/h5-6,10H,7,13H2,1-4H3. The van der Waals surface area contributed by atoms with Crippen molar-refractivity contribution in [2.75, 3.05) is 6.26 Å². The molecule has 4 heteroatoms. The normalized spacial score (nSPS) is 13.8. The molecule has 1 aromatic carbocycles. The summed E-state index contributed by atoms with van der Waals surface area (Å²) in [5.74, 6) is 0. The second-order valence-corrected chi connectivity index (χ2v) is 6.48. The van der Waals surface area contributed by atoms with Crippen LogP contribution in [0.15, 0.2) is 17.0 Å². The maximum Gasteiger partial charge on any atom is 0.175 e. The maximum absolute atomic E-state index is 11.7. The first-order chi connectivity index (χ1) is 7.21. The van der Waals surface area contributed by atoms with Crippen molar-refractivity contribution in [2.24, 2.45) is 5.73 Å². The van der Waals surface area contributed by atoms with E-state index in [0.717, 1.165) is 16.7 Å². The average Bonchev–Trinajstić information content (AvgIpc) is 2.08. The number of benzene rings is 1. The monoisotopic (exact) mass is 241 g/mol. The summed E-state index contributed by atoms with van der Waals surface area (Å²) < 4.78 is 23.3. The Morgan fingerprint density at radius 1 is 1.25 bits per heavy atom. The summed E-state index contributed by atoms with van der Waals surface area (Å²) in [7, 11) is -3.17. The van der Waals surface area contributed by atoms with Gasteiger partial charge in [-0.3, -0.25) is 0 Å². The van der Waals surface area contributed by atoms with Gasteiger partial charge in [-0.25, -0.2) is 8.42 Å². The van der Waals surface area contributed by atoms with E-state index < -0.39 is 9.84 Å². The lowest BCUT2D eigenvalue weighted by molar-refractivity contribution is 0.599. The van der Waals surface area contributed by atoms with Crippen LogP contribution in [0.5, 0.6) is 0 Å². The van der Waals surface area contributed by atoms with Crippen LogP contribution in [0.2, 0.25) is 0 Å². The van der Waals surface area contributed by atoms with Gasteiger partial charge >= 0.3 is 0 Å². The Hall–Kier alpha value is -0.870. The van der Waals surface area contributed by atoms with Gasteiger partial charge in [-0.2, -0.15) is 0 Å². The van der Waals surface area contributed by atoms with E-state index in [2.05, 4.69) is 0 Å². The highest BCUT2D eigenvalue weighted by Gasteiger charge is 2.15. The Labute approximate surface area is 97.6 Å². The zero-order valence-corrected chi connectivity index (χ0v) is 11.1. The van der Waals surface area contributed by atoms with E-state index >= 15 is 0 Å². The van der Waals surface area contributed by atoms with Gasteiger partial charge < -0.3 is 5.73 Å². The molecule has 0 heterocycles. The van der Waals surface area contributed by atoms with E-state index in [4.69, 9.17) is 5.73 Å². The third kappa shape index (κ3) is 3.06. The molecule has 0 spiro atoms. The fourth-order valence-electron chi connectivity index (χ4n) is 1.70. The lowest BCUT2D eigenvalue weighted by Crippen LogP contribution is -2.19. The second-order valence-electron chi connectivity index (χ2n) is 4.50. The summed E-state index contributed by atoms with van der Waals surface area (Å²) in [5.41, 5.74) is 8.64. The lowest BCUT2D eigenvalue weighted by atomic mass is 10.0. The SMILES string of the molecule is Cc1cc(CC(C)N)c(S(C)(=O)=O)cc1C. The minimum absolute atomic E-state index is 0.0393. The maximum atomic E-state index is 11.7. The third-order valence-electron chi connectivity index (χ3n) is 2.62. The molecule has 1 rings (SSSR count). The Kier molecular flexibility index (Phi) is 3.76. The first-order valence-electron chi connectivity index (χ1n) is 5.27. The summed E-state index contributed by atoms with van der Waals surface area (Å²) in [6.45, 7) is 5.77. The molecular weight excluding hydrogens is 222 g/mol. The fourth-order valence-corrected chi connectivity index (χ4v) is 2.71. The summed E-state index contributed by atoms with van der Waals surface area (Å²) >= 11 is 0. The largest absolute Gasteiger partial charge is 0.328 e. The Morgan fingerprint density at radius 2 is 1.75 bits per heavy atom. The van der Waals surface area contributed by atoms with Gasteiger partial charge in [-0.15, -0.1) is 0 Å². The molecule has 1 unspecified atom stereocenters. The van der Waals surface area contributed by atoms with Gasteiger partial charge in [0.05, 0.1) is 4.90 Å². The van der Waals surface area contributed by atoms with E-state index in [1.54, 1.807) is 6.07 Å². The van der Waals surface area contributed by atoms with Crippen LogP contribution < -0.4 is 5.73 Å². The second kappa shape index (κ2) is 4.55. The van der Waals surface area contributed by atoms with Crippen LogP contribution in [0.3, 0.4) is 0 Å². The van der Waals surface area contributed by atoms with Crippen molar-refractivity contribution in [2.45, 2.75) is 38.1 Å². The fraction of sp³-hybridized carbons (Fsp3) is 0.500. The van der Waals surface area contributed by atoms with E-state index in [9.17, 15) is 8.42 Å². The van der Waals surface area contributed by atoms with Crippen LogP contribution in [0.1, 0.15) is 23.6 Å². The zero-order valence-electron chi connectivity index (χ0n) is 10.2. The molecule has 0 aliphatic heterocycles. The molecule has 0 saturated heterocycles. The quantitative estimate of drug-likeness (QED) is 0.874. The molecule has 1 atom stereocenters. The Morgan fingerprint density at radius 3 is 2.19 bits per heavy atom. The predicted molar refractivity (Wildman–Crippen MR) is 66.4 cm³/mol. The van der Waals surface area contributed by atoms with E-state index in [-0.39, 0.29) is 6.04 Å². The van der Waals surface area contributed by atoms with Crippen molar-refractivity contribution in [1.29, 1.82) is 0 Å². The van der Waals surface area contributed by atoms with Gasteiger partial charge in [0.1, 0.15) is 0 Å². The third-order valence-corrected chi connectivity index (χ3v) is 3.80. The molecule has 3 nitrogen and oxygen atoms in total. The van der Waals surface area contributed by atoms with Crippen LogP contribution >= 0.6 is 0 Å². The summed E-state index contributed by atoms with van der Waals surface area (Å²) in [4.78, 5) is 0.410. The molecule has 0 radical (unpaired) electrons. The molecule has 0 fully saturated rings. The molecule has 0 aliphatic rings. The van der Waals surface area contributed by atoms with Gasteiger partial charge in [-0.05, 0) is 49.9 Å². The molecular formula is C12H19NO2S. The number of nitrogens with two attached hydrogens (primary N) is 1. The highest BCUT2D eigenvalue weighted by molar-refractivity contribution is 7.90. The zero-order chi connectivity index (χ0) is 12.5. The minimum atomic E-state index is -3.17. The van der Waals surface area contributed by atoms with Crippen molar-refractivity contribution in [3.05, 3.63) is 28.8 Å². The Bertz CT molecular complexity index is 490. The number of aryl methyl sites for hydroxylation is 2. The minimum Gasteiger partial charge on any atom is -0.328 e. The van der Waals surface area contributed by atoms with Gasteiger partial charge in [0.15, 0.2) is 9.84 Å². The van der Waals surface area contributed by atoms with E-state index in [1.807, 2.05) is 26.8 Å². The molecule has 0 amide bonds. The number of sulfone groups is 1. The van der Waals surface area contributed by atoms with Gasteiger partial charge in [0, 0.05) is 12.3 Å². The summed E-state index contributed by atoms with van der Waals surface area (Å²) in [6.07, 6.45) is 1.82. The summed E-state index contributed by atoms with van der Waals surface area (Å²) in [5, 5.41) is 0. The van der Waals surface area contributed by atoms with Crippen molar-refractivity contribution in [3.63, 3.8) is 0 Å². The number of hydrogen-bond acceptors (Lipinski definition) is 3. The van der Waals surface area contributed by atoms with Crippen LogP contribution in [0.25, 0.3) is 0 Å². The molecule has 0 bridgehead atoms. The first-order valence-corrected chi connectivity index (χ1v) is 7.16. The van der Waals surface area contributed by atoms with Crippen LogP contribution in [-0.2, 0) is 16.3 Å². The molecule has 90 valence electrons. The average molecular weight is 241 g/mol. The molecule has 2 N–H and O–H groups in total. The van der Waals surface area contributed by atoms with Gasteiger partial charge in [0.2, 0.25) is 0 Å². The van der Waals surface area contributed by atoms with Crippen molar-refractivity contribution < 1.29 is 8.42 Å². The smallest absolute Gasteiger partial charge is 0.175 e. The summed E-state index contributed by atoms with van der Waals surface area (Å²) in [6, 6.07) is 3.62. The van der Waals surface area contributed by atoms with Gasteiger partial charge in [-0.1, -0.05) is 6.07 Å². The van der Waals surface area contributed by atoms with E-state index in [1.165, 1.54) is 6.26 Å². The van der Waals surface area contributed by atoms with E-state index in [0.29, 0.717) is 11.3 Å². The highest BCUT2D eigenvalue weighted by atomic mass is 32.2. The predicted octanol–water partition coefficient (Wildman–Crippen LogP) is 1.60. The Balaban J connectivity index is 3.40. The van der Waals surface area contributed by atoms with Crippen molar-refractivity contribution >= 4 is 9.84 Å². The highest BCUT2D eigenvalue weighted by Crippen LogP contribution is 2.21. The first kappa shape index (κ1) is 13.2. The topological polar surface area (TPSA) is 60.2 Å².